The molecule has 2 saturated heterocycles. The van der Waals surface area contributed by atoms with Gasteiger partial charge in [-0.3, -0.25) is 24.1 Å². The van der Waals surface area contributed by atoms with Gasteiger partial charge in [-0.15, -0.1) is 0 Å². The van der Waals surface area contributed by atoms with Crippen molar-refractivity contribution >= 4 is 23.4 Å². The second kappa shape index (κ2) is 5.45. The topological polar surface area (TPSA) is 80.8 Å². The number of ether oxygens (including phenoxy) is 1. The van der Waals surface area contributed by atoms with E-state index in [1.165, 1.54) is 7.05 Å². The van der Waals surface area contributed by atoms with Gasteiger partial charge in [0.25, 0.3) is 0 Å². The van der Waals surface area contributed by atoms with Crippen molar-refractivity contribution in [2.24, 2.45) is 11.8 Å². The van der Waals surface area contributed by atoms with E-state index in [1.807, 2.05) is 31.2 Å². The van der Waals surface area contributed by atoms with Crippen LogP contribution in [0.4, 0.5) is 0 Å². The zero-order chi connectivity index (χ0) is 19.8. The minimum Gasteiger partial charge on any atom is -0.349 e. The molecule has 2 aromatic rings. The van der Waals surface area contributed by atoms with E-state index >= 15 is 0 Å². The Labute approximate surface area is 161 Å². The Morgan fingerprint density at radius 3 is 2.00 bits per heavy atom. The summed E-state index contributed by atoms with van der Waals surface area (Å²) >= 11 is 0. The number of aryl methyl sites for hydroxylation is 1. The van der Waals surface area contributed by atoms with Crippen molar-refractivity contribution in [2.45, 2.75) is 18.6 Å². The summed E-state index contributed by atoms with van der Waals surface area (Å²) in [5.74, 6) is -4.08. The number of likely N-dealkylation sites (tertiary alicyclic amines) is 1. The maximum atomic E-state index is 13.3. The molecule has 2 aromatic carbocycles. The molecule has 0 N–H and O–H groups in total. The molecule has 3 atom stereocenters. The number of ketones is 2. The summed E-state index contributed by atoms with van der Waals surface area (Å²) in [5, 5.41) is 0. The van der Waals surface area contributed by atoms with Crippen molar-refractivity contribution in [3.8, 4) is 0 Å². The second-order valence-electron chi connectivity index (χ2n) is 7.63. The van der Waals surface area contributed by atoms with Crippen molar-refractivity contribution < 1.29 is 23.9 Å². The molecule has 0 radical (unpaired) electrons. The van der Waals surface area contributed by atoms with Crippen molar-refractivity contribution in [3.63, 3.8) is 0 Å². The number of benzene rings is 2. The number of carbonyl (C=O) groups excluding carboxylic acids is 4. The fourth-order valence-corrected chi connectivity index (χ4v) is 4.72. The van der Waals surface area contributed by atoms with Gasteiger partial charge in [-0.2, -0.15) is 0 Å². The van der Waals surface area contributed by atoms with E-state index in [1.54, 1.807) is 24.3 Å². The number of Topliss-reactive ketones (excluding diaryl/α,β-unsaturated/α-hetero) is 2. The summed E-state index contributed by atoms with van der Waals surface area (Å²) in [7, 11) is 1.39. The van der Waals surface area contributed by atoms with Crippen molar-refractivity contribution in [2.75, 3.05) is 7.05 Å². The minimum absolute atomic E-state index is 0.241. The Kier molecular flexibility index (Phi) is 3.31. The molecule has 0 bridgehead atoms. The third kappa shape index (κ3) is 1.85. The third-order valence-corrected chi connectivity index (χ3v) is 6.15. The molecule has 1 aliphatic carbocycles. The van der Waals surface area contributed by atoms with Crippen molar-refractivity contribution in [3.05, 3.63) is 70.8 Å². The van der Waals surface area contributed by atoms with E-state index in [2.05, 4.69) is 0 Å². The van der Waals surface area contributed by atoms with Crippen LogP contribution in [-0.4, -0.2) is 40.9 Å². The van der Waals surface area contributed by atoms with Gasteiger partial charge < -0.3 is 4.74 Å². The van der Waals surface area contributed by atoms with Gasteiger partial charge in [0.1, 0.15) is 0 Å². The highest BCUT2D eigenvalue weighted by Gasteiger charge is 2.74. The predicted octanol–water partition coefficient (Wildman–Crippen LogP) is 2.12. The lowest BCUT2D eigenvalue weighted by Crippen LogP contribution is -2.50. The normalized spacial score (nSPS) is 27.6. The number of hydrogen-bond acceptors (Lipinski definition) is 5. The van der Waals surface area contributed by atoms with Crippen LogP contribution < -0.4 is 0 Å². The Balaban J connectivity index is 1.71. The van der Waals surface area contributed by atoms with Gasteiger partial charge in [0, 0.05) is 18.2 Å². The van der Waals surface area contributed by atoms with Gasteiger partial charge in [-0.25, -0.2) is 0 Å². The zero-order valence-electron chi connectivity index (χ0n) is 15.3. The van der Waals surface area contributed by atoms with Gasteiger partial charge in [-0.1, -0.05) is 54.1 Å². The van der Waals surface area contributed by atoms with E-state index in [9.17, 15) is 19.2 Å². The standard InChI is InChI=1S/C22H17NO5/c1-11-7-9-12(10-8-11)17-15-16(21(27)23(2)20(15)26)22(28-17)18(24)13-5-3-4-6-14(13)19(22)25/h3-10,15-17H,1-2H3/t15-,16-,17-/m1/s1. The average molecular weight is 375 g/mol. The van der Waals surface area contributed by atoms with Crippen LogP contribution in [0.1, 0.15) is 37.9 Å². The Bertz CT molecular complexity index is 1040. The number of fused-ring (bicyclic) bond motifs is 3. The first-order chi connectivity index (χ1) is 13.4. The quantitative estimate of drug-likeness (QED) is 0.563. The molecule has 0 saturated carbocycles. The van der Waals surface area contributed by atoms with E-state index in [0.29, 0.717) is 5.56 Å². The molecular formula is C22H17NO5. The van der Waals surface area contributed by atoms with E-state index in [4.69, 9.17) is 4.74 Å². The number of hydrogen-bond donors (Lipinski definition) is 0. The fraction of sp³-hybridized carbons (Fsp3) is 0.273. The van der Waals surface area contributed by atoms with Crippen molar-refractivity contribution in [1.29, 1.82) is 0 Å². The van der Waals surface area contributed by atoms with Gasteiger partial charge >= 0.3 is 0 Å². The molecule has 6 heteroatoms. The van der Waals surface area contributed by atoms with Crippen LogP contribution in [0.25, 0.3) is 0 Å². The third-order valence-electron chi connectivity index (χ3n) is 6.15. The van der Waals surface area contributed by atoms with E-state index in [0.717, 1.165) is 10.5 Å². The monoisotopic (exact) mass is 375 g/mol. The first-order valence-corrected chi connectivity index (χ1v) is 9.12. The van der Waals surface area contributed by atoms with Gasteiger partial charge in [0.2, 0.25) is 29.0 Å². The number of nitrogens with zero attached hydrogens (tertiary/aromatic N) is 1. The van der Waals surface area contributed by atoms with Crippen LogP contribution in [0.5, 0.6) is 0 Å². The highest BCUT2D eigenvalue weighted by molar-refractivity contribution is 6.35. The SMILES string of the molecule is Cc1ccc([C@H]2OC3(C(=O)c4ccccc4C3=O)[C@H]3C(=O)N(C)C(=O)[C@@H]23)cc1. The highest BCUT2D eigenvalue weighted by Crippen LogP contribution is 2.56. The highest BCUT2D eigenvalue weighted by atomic mass is 16.5. The van der Waals surface area contributed by atoms with E-state index < -0.39 is 46.9 Å². The largest absolute Gasteiger partial charge is 0.349 e. The lowest BCUT2D eigenvalue weighted by molar-refractivity contribution is -0.143. The molecule has 2 fully saturated rings. The molecule has 0 aromatic heterocycles. The van der Waals surface area contributed by atoms with Crippen molar-refractivity contribution in [1.82, 2.24) is 4.90 Å². The van der Waals surface area contributed by atoms with Crippen LogP contribution in [-0.2, 0) is 14.3 Å². The fourth-order valence-electron chi connectivity index (χ4n) is 4.72. The number of amides is 2. The predicted molar refractivity (Wildman–Crippen MR) is 97.6 cm³/mol. The van der Waals surface area contributed by atoms with Crippen LogP contribution in [0.2, 0.25) is 0 Å². The summed E-state index contributed by atoms with van der Waals surface area (Å²) in [6, 6.07) is 13.8. The molecule has 6 nitrogen and oxygen atoms in total. The minimum atomic E-state index is -1.97. The lowest BCUT2D eigenvalue weighted by Gasteiger charge is -2.26. The summed E-state index contributed by atoms with van der Waals surface area (Å²) in [6.45, 7) is 1.93. The lowest BCUT2D eigenvalue weighted by atomic mass is 9.77. The molecule has 28 heavy (non-hydrogen) atoms. The number of rotatable bonds is 1. The van der Waals surface area contributed by atoms with Crippen LogP contribution in [0, 0.1) is 18.8 Å². The Morgan fingerprint density at radius 2 is 1.43 bits per heavy atom. The summed E-state index contributed by atoms with van der Waals surface area (Å²) in [5.41, 5.74) is 0.211. The smallest absolute Gasteiger partial charge is 0.236 e. The maximum Gasteiger partial charge on any atom is 0.236 e. The maximum absolute atomic E-state index is 13.3. The van der Waals surface area contributed by atoms with Crippen LogP contribution >= 0.6 is 0 Å². The second-order valence-corrected chi connectivity index (χ2v) is 7.63. The molecule has 2 amide bonds. The molecule has 5 rings (SSSR count). The molecule has 1 spiro atoms. The molecular weight excluding hydrogens is 358 g/mol. The molecule has 140 valence electrons. The molecule has 2 heterocycles. The van der Waals surface area contributed by atoms with E-state index in [-0.39, 0.29) is 11.1 Å². The Hall–Kier alpha value is -3.12. The first kappa shape index (κ1) is 17.0. The number of carbonyl (C=O) groups is 4. The van der Waals surface area contributed by atoms with Crippen LogP contribution in [0.3, 0.4) is 0 Å². The summed E-state index contributed by atoms with van der Waals surface area (Å²) in [4.78, 5) is 53.5. The first-order valence-electron chi connectivity index (χ1n) is 9.12. The van der Waals surface area contributed by atoms with Gasteiger partial charge in [0.05, 0.1) is 17.9 Å². The number of imide groups is 1. The zero-order valence-corrected chi connectivity index (χ0v) is 15.3. The molecule has 2 aliphatic heterocycles. The van der Waals surface area contributed by atoms with Gasteiger partial charge in [0.15, 0.2) is 0 Å². The van der Waals surface area contributed by atoms with Gasteiger partial charge in [-0.05, 0) is 12.5 Å². The summed E-state index contributed by atoms with van der Waals surface area (Å²) in [6.07, 6.45) is -0.839. The molecule has 3 aliphatic rings. The van der Waals surface area contributed by atoms with Crippen LogP contribution in [0.15, 0.2) is 48.5 Å². The average Bonchev–Trinajstić information content (AvgIpc) is 3.25. The summed E-state index contributed by atoms with van der Waals surface area (Å²) < 4.78 is 6.13. The molecule has 0 unspecified atom stereocenters. The Morgan fingerprint density at radius 1 is 0.857 bits per heavy atom.